The van der Waals surface area contributed by atoms with Crippen LogP contribution >= 0.6 is 11.3 Å². The smallest absolute Gasteiger partial charge is 0.407 e. The summed E-state index contributed by atoms with van der Waals surface area (Å²) < 4.78 is 38.8. The summed E-state index contributed by atoms with van der Waals surface area (Å²) in [5, 5.41) is 23.2. The summed E-state index contributed by atoms with van der Waals surface area (Å²) in [6.07, 6.45) is -4.71. The van der Waals surface area contributed by atoms with Crippen LogP contribution in [0.3, 0.4) is 0 Å². The highest BCUT2D eigenvalue weighted by Crippen LogP contribution is 2.35. The highest BCUT2D eigenvalue weighted by Gasteiger charge is 2.53. The number of amides is 3. The molecule has 1 unspecified atom stereocenters. The Morgan fingerprint density at radius 2 is 1.30 bits per heavy atom. The molecule has 3 heterocycles. The van der Waals surface area contributed by atoms with Gasteiger partial charge in [0.25, 0.3) is 0 Å². The van der Waals surface area contributed by atoms with Crippen molar-refractivity contribution < 1.29 is 47.9 Å². The predicted octanol–water partition coefficient (Wildman–Crippen LogP) is 6.33. The highest BCUT2D eigenvalue weighted by atomic mass is 32.1. The van der Waals surface area contributed by atoms with Gasteiger partial charge in [-0.05, 0) is 35.2 Å². The number of carboxylic acid groups (broad SMARTS) is 1. The average molecular weight is 920 g/mol. The van der Waals surface area contributed by atoms with Crippen LogP contribution in [0.25, 0.3) is 0 Å². The van der Waals surface area contributed by atoms with Gasteiger partial charge in [0.1, 0.15) is 36.7 Å². The van der Waals surface area contributed by atoms with Crippen molar-refractivity contribution in [1.29, 1.82) is 5.41 Å². The molecular weight excluding hydrogens is 863 g/mol. The van der Waals surface area contributed by atoms with Crippen LogP contribution in [-0.4, -0.2) is 108 Å². The number of hydrogen-bond donors (Lipinski definition) is 4. The molecule has 0 bridgehead atoms. The number of rotatable bonds is 23. The molecule has 15 nitrogen and oxygen atoms in total. The zero-order chi connectivity index (χ0) is 46.3. The Labute approximate surface area is 388 Å². The number of hydrogen-bond acceptors (Lipinski definition) is 11. The van der Waals surface area contributed by atoms with Gasteiger partial charge in [-0.15, -0.1) is 11.3 Å². The van der Waals surface area contributed by atoms with Crippen LogP contribution < -0.4 is 11.1 Å². The van der Waals surface area contributed by atoms with Crippen LogP contribution in [0.2, 0.25) is 0 Å². The number of nitrogens with one attached hydrogen (secondary N) is 2. The highest BCUT2D eigenvalue weighted by molar-refractivity contribution is 7.10. The largest absolute Gasteiger partial charge is 0.465 e. The zero-order valence-electron chi connectivity index (χ0n) is 36.9. The summed E-state index contributed by atoms with van der Waals surface area (Å²) in [6.45, 7) is 2.28. The SMILES string of the molecule is C[C@H](OCc1ccccc1)[C@H](OCc1ccccc1)[C@@H](OCc1ccccc1)[C@H](CN(CC(=O)N1CC2(CC1C(=O)NCc1cc(C(=N)N)cs1)OCCO2)C(=O)O)OCc1ccccc1. The van der Waals surface area contributed by atoms with Gasteiger partial charge in [0.15, 0.2) is 5.79 Å². The number of carbonyl (C=O) groups is 3. The fraction of sp³-hybridized carbons (Fsp3) is 0.360. The van der Waals surface area contributed by atoms with Crippen molar-refractivity contribution in [3.05, 3.63) is 165 Å². The van der Waals surface area contributed by atoms with Gasteiger partial charge in [0.05, 0.1) is 65.4 Å². The van der Waals surface area contributed by atoms with Crippen molar-refractivity contribution in [2.75, 3.05) is 32.8 Å². The maximum Gasteiger partial charge on any atom is 0.407 e. The van der Waals surface area contributed by atoms with Gasteiger partial charge >= 0.3 is 6.09 Å². The number of nitrogens with zero attached hydrogens (tertiary/aromatic N) is 2. The Morgan fingerprint density at radius 1 is 0.803 bits per heavy atom. The maximum absolute atomic E-state index is 14.5. The van der Waals surface area contributed by atoms with E-state index in [0.29, 0.717) is 5.56 Å². The summed E-state index contributed by atoms with van der Waals surface area (Å²) in [5.41, 5.74) is 9.77. The molecule has 1 aromatic heterocycles. The Bertz CT molecular complexity index is 2320. The van der Waals surface area contributed by atoms with Crippen LogP contribution in [0.15, 0.2) is 133 Å². The topological polar surface area (TPSA) is 195 Å². The molecule has 2 saturated heterocycles. The minimum atomic E-state index is -1.38. The van der Waals surface area contributed by atoms with Gasteiger partial charge in [0, 0.05) is 22.2 Å². The molecule has 0 saturated carbocycles. The Kier molecular flexibility index (Phi) is 17.1. The van der Waals surface area contributed by atoms with Crippen LogP contribution in [0.5, 0.6) is 0 Å². The second-order valence-corrected chi connectivity index (χ2v) is 17.3. The van der Waals surface area contributed by atoms with Crippen LogP contribution in [0.1, 0.15) is 46.0 Å². The molecule has 5 N–H and O–H groups in total. The van der Waals surface area contributed by atoms with Crippen molar-refractivity contribution in [3.63, 3.8) is 0 Å². The lowest BCUT2D eigenvalue weighted by atomic mass is 10.0. The van der Waals surface area contributed by atoms with E-state index < -0.39 is 60.7 Å². The van der Waals surface area contributed by atoms with Gasteiger partial charge in [-0.2, -0.15) is 0 Å². The molecule has 348 valence electrons. The molecule has 5 aromatic rings. The number of carbonyl (C=O) groups excluding carboxylic acids is 2. The summed E-state index contributed by atoms with van der Waals surface area (Å²) in [7, 11) is 0. The quantitative estimate of drug-likeness (QED) is 0.0422. The normalized spacial score (nSPS) is 17.2. The lowest BCUT2D eigenvalue weighted by Gasteiger charge is -2.38. The summed E-state index contributed by atoms with van der Waals surface area (Å²) >= 11 is 1.34. The first-order chi connectivity index (χ1) is 32.1. The van der Waals surface area contributed by atoms with E-state index in [1.165, 1.54) is 16.2 Å². The number of nitrogen functional groups attached to an aromatic ring is 1. The second-order valence-electron chi connectivity index (χ2n) is 16.3. The molecule has 1 spiro atoms. The molecule has 5 atom stereocenters. The van der Waals surface area contributed by atoms with Gasteiger partial charge in [-0.25, -0.2) is 4.79 Å². The first kappa shape index (κ1) is 48.0. The first-order valence-electron chi connectivity index (χ1n) is 21.9. The van der Waals surface area contributed by atoms with Crippen molar-refractivity contribution in [2.24, 2.45) is 5.73 Å². The third-order valence-electron chi connectivity index (χ3n) is 11.5. The van der Waals surface area contributed by atoms with Gasteiger partial charge in [0.2, 0.25) is 11.8 Å². The molecule has 7 rings (SSSR count). The summed E-state index contributed by atoms with van der Waals surface area (Å²) in [4.78, 5) is 44.8. The van der Waals surface area contributed by atoms with Gasteiger partial charge in [-0.3, -0.25) is 19.9 Å². The van der Waals surface area contributed by atoms with Crippen LogP contribution in [-0.2, 0) is 71.0 Å². The molecule has 2 fully saturated rings. The fourth-order valence-electron chi connectivity index (χ4n) is 8.00. The van der Waals surface area contributed by atoms with Gasteiger partial charge < -0.3 is 49.5 Å². The minimum Gasteiger partial charge on any atom is -0.465 e. The molecule has 3 amide bonds. The van der Waals surface area contributed by atoms with Crippen LogP contribution in [0.4, 0.5) is 4.79 Å². The van der Waals surface area contributed by atoms with Crippen molar-refractivity contribution in [3.8, 4) is 0 Å². The number of benzene rings is 4. The van der Waals surface area contributed by atoms with E-state index in [1.54, 1.807) is 11.4 Å². The molecule has 0 aliphatic carbocycles. The van der Waals surface area contributed by atoms with E-state index in [0.717, 1.165) is 32.0 Å². The molecule has 4 aromatic carbocycles. The molecule has 2 aliphatic rings. The number of ether oxygens (including phenoxy) is 6. The zero-order valence-corrected chi connectivity index (χ0v) is 37.7. The second kappa shape index (κ2) is 23.5. The van der Waals surface area contributed by atoms with E-state index >= 15 is 0 Å². The lowest BCUT2D eigenvalue weighted by molar-refractivity contribution is -0.189. The lowest BCUT2D eigenvalue weighted by Crippen LogP contribution is -2.55. The Morgan fingerprint density at radius 3 is 1.80 bits per heavy atom. The van der Waals surface area contributed by atoms with Crippen molar-refractivity contribution >= 4 is 35.1 Å². The number of nitrogens with two attached hydrogens (primary N) is 1. The summed E-state index contributed by atoms with van der Waals surface area (Å²) in [5.74, 6) is -2.38. The van der Waals surface area contributed by atoms with E-state index in [9.17, 15) is 19.5 Å². The van der Waals surface area contributed by atoms with E-state index in [4.69, 9.17) is 39.6 Å². The molecule has 0 radical (unpaired) electrons. The number of likely N-dealkylation sites (tertiary alicyclic amines) is 1. The molecular formula is C50H57N5O10S. The summed E-state index contributed by atoms with van der Waals surface area (Å²) in [6, 6.07) is 39.3. The third kappa shape index (κ3) is 13.3. The fourth-order valence-corrected chi connectivity index (χ4v) is 8.82. The minimum absolute atomic E-state index is 0.0558. The Balaban J connectivity index is 1.18. The monoisotopic (exact) mass is 919 g/mol. The number of thiophene rings is 1. The molecule has 16 heteroatoms. The van der Waals surface area contributed by atoms with Crippen molar-refractivity contribution in [1.82, 2.24) is 15.1 Å². The standard InChI is InChI=1S/C50H57N5O10S/c1-35(60-29-36-14-6-2-7-15-36)45(62-31-38-18-10-4-11-19-38)46(63-32-39-20-12-5-13-21-39)43(61-30-37-16-8-3-9-17-37)27-54(49(58)59)28-44(56)55-34-50(64-22-23-65-50)25-42(55)48(57)53-26-41-24-40(33-66-41)47(51)52/h2-21,24,33,35,42-43,45-46H,22-23,25-32,34H2,1H3,(H3,51,52)(H,53,57)(H,58,59)/t35-,42?,43-,45-,46-/m0/s1. The van der Waals surface area contributed by atoms with Crippen molar-refractivity contribution in [2.45, 2.75) is 82.6 Å². The molecule has 2 aliphatic heterocycles. The first-order valence-corrected chi connectivity index (χ1v) is 22.8. The van der Waals surface area contributed by atoms with E-state index in [1.807, 2.05) is 128 Å². The number of amidine groups is 1. The molecule has 66 heavy (non-hydrogen) atoms. The third-order valence-corrected chi connectivity index (χ3v) is 12.4. The van der Waals surface area contributed by atoms with Crippen LogP contribution in [0, 0.1) is 5.41 Å². The van der Waals surface area contributed by atoms with E-state index in [-0.39, 0.29) is 71.5 Å². The van der Waals surface area contributed by atoms with E-state index in [2.05, 4.69) is 5.32 Å². The average Bonchev–Trinajstić information content (AvgIpc) is 4.12. The predicted molar refractivity (Wildman–Crippen MR) is 247 cm³/mol. The van der Waals surface area contributed by atoms with Gasteiger partial charge in [-0.1, -0.05) is 121 Å². The maximum atomic E-state index is 14.5. The Hall–Kier alpha value is -5.98.